The van der Waals surface area contributed by atoms with Gasteiger partial charge in [0.15, 0.2) is 0 Å². The third-order valence-electron chi connectivity index (χ3n) is 2.96. The molecule has 1 aliphatic rings. The van der Waals surface area contributed by atoms with Crippen LogP contribution in [0.2, 0.25) is 0 Å². The van der Waals surface area contributed by atoms with Crippen molar-refractivity contribution in [2.24, 2.45) is 11.3 Å². The van der Waals surface area contributed by atoms with E-state index in [-0.39, 0.29) is 5.91 Å². The zero-order valence-electron chi connectivity index (χ0n) is 11.7. The SMILES string of the molecule is CCOC(=O)C(C(=O)N1CCOCC1)C(C)(C)C. The Labute approximate surface area is 108 Å². The van der Waals surface area contributed by atoms with E-state index in [0.29, 0.717) is 32.9 Å². The molecule has 1 saturated heterocycles. The number of carbonyl (C=O) groups is 2. The minimum atomic E-state index is -0.740. The molecular weight excluding hydrogens is 234 g/mol. The maximum absolute atomic E-state index is 12.4. The summed E-state index contributed by atoms with van der Waals surface area (Å²) >= 11 is 0. The van der Waals surface area contributed by atoms with Crippen LogP contribution in [0.4, 0.5) is 0 Å². The highest BCUT2D eigenvalue weighted by Gasteiger charge is 2.41. The minimum Gasteiger partial charge on any atom is -0.465 e. The van der Waals surface area contributed by atoms with Crippen LogP contribution in [0.5, 0.6) is 0 Å². The number of morpholine rings is 1. The summed E-state index contributed by atoms with van der Waals surface area (Å²) < 4.78 is 10.2. The van der Waals surface area contributed by atoms with E-state index in [9.17, 15) is 9.59 Å². The smallest absolute Gasteiger partial charge is 0.319 e. The second-order valence-corrected chi connectivity index (χ2v) is 5.49. The molecule has 1 amide bonds. The van der Waals surface area contributed by atoms with Gasteiger partial charge in [-0.1, -0.05) is 20.8 Å². The van der Waals surface area contributed by atoms with Gasteiger partial charge in [-0.05, 0) is 12.3 Å². The van der Waals surface area contributed by atoms with E-state index >= 15 is 0 Å². The van der Waals surface area contributed by atoms with E-state index in [1.54, 1.807) is 11.8 Å². The van der Waals surface area contributed by atoms with Crippen LogP contribution >= 0.6 is 0 Å². The monoisotopic (exact) mass is 257 g/mol. The van der Waals surface area contributed by atoms with Crippen LogP contribution in [0, 0.1) is 11.3 Å². The third-order valence-corrected chi connectivity index (χ3v) is 2.96. The van der Waals surface area contributed by atoms with Crippen molar-refractivity contribution < 1.29 is 19.1 Å². The Bertz CT molecular complexity index is 303. The van der Waals surface area contributed by atoms with Crippen molar-refractivity contribution in [2.75, 3.05) is 32.9 Å². The van der Waals surface area contributed by atoms with Gasteiger partial charge in [-0.15, -0.1) is 0 Å². The fourth-order valence-electron chi connectivity index (χ4n) is 2.02. The number of rotatable bonds is 3. The number of carbonyl (C=O) groups excluding carboxylic acids is 2. The van der Waals surface area contributed by atoms with Gasteiger partial charge >= 0.3 is 5.97 Å². The van der Waals surface area contributed by atoms with Crippen LogP contribution in [0.1, 0.15) is 27.7 Å². The van der Waals surface area contributed by atoms with Crippen molar-refractivity contribution >= 4 is 11.9 Å². The number of hydrogen-bond donors (Lipinski definition) is 0. The Kier molecular flexibility index (Phi) is 5.14. The molecule has 1 heterocycles. The maximum Gasteiger partial charge on any atom is 0.319 e. The van der Waals surface area contributed by atoms with Gasteiger partial charge in [-0.25, -0.2) is 0 Å². The Hall–Kier alpha value is -1.10. The van der Waals surface area contributed by atoms with Crippen molar-refractivity contribution in [2.45, 2.75) is 27.7 Å². The first kappa shape index (κ1) is 15.0. The zero-order chi connectivity index (χ0) is 13.8. The first-order chi connectivity index (χ1) is 8.38. The van der Waals surface area contributed by atoms with Crippen molar-refractivity contribution in [3.05, 3.63) is 0 Å². The predicted octanol–water partition coefficient (Wildman–Crippen LogP) is 1.07. The van der Waals surface area contributed by atoms with Crippen LogP contribution in [0.25, 0.3) is 0 Å². The number of esters is 1. The quantitative estimate of drug-likeness (QED) is 0.560. The average molecular weight is 257 g/mol. The van der Waals surface area contributed by atoms with E-state index in [1.165, 1.54) is 0 Å². The lowest BCUT2D eigenvalue weighted by Crippen LogP contribution is -2.49. The molecule has 1 rings (SSSR count). The first-order valence-electron chi connectivity index (χ1n) is 6.41. The fourth-order valence-corrected chi connectivity index (χ4v) is 2.02. The standard InChI is InChI=1S/C13H23NO4/c1-5-18-12(16)10(13(2,3)4)11(15)14-6-8-17-9-7-14/h10H,5-9H2,1-4H3. The van der Waals surface area contributed by atoms with E-state index in [2.05, 4.69) is 0 Å². The minimum absolute atomic E-state index is 0.149. The topological polar surface area (TPSA) is 55.8 Å². The molecule has 5 nitrogen and oxygen atoms in total. The van der Waals surface area contributed by atoms with Crippen molar-refractivity contribution in [3.63, 3.8) is 0 Å². The van der Waals surface area contributed by atoms with Crippen LogP contribution < -0.4 is 0 Å². The van der Waals surface area contributed by atoms with Gasteiger partial charge in [0, 0.05) is 13.1 Å². The van der Waals surface area contributed by atoms with Crippen LogP contribution in [-0.4, -0.2) is 49.7 Å². The van der Waals surface area contributed by atoms with Gasteiger partial charge in [-0.2, -0.15) is 0 Å². The van der Waals surface area contributed by atoms with Crippen LogP contribution in [0.3, 0.4) is 0 Å². The lowest BCUT2D eigenvalue weighted by atomic mass is 9.79. The summed E-state index contributed by atoms with van der Waals surface area (Å²) in [5, 5.41) is 0. The van der Waals surface area contributed by atoms with Gasteiger partial charge < -0.3 is 14.4 Å². The predicted molar refractivity (Wildman–Crippen MR) is 67.0 cm³/mol. The first-order valence-corrected chi connectivity index (χ1v) is 6.41. The molecule has 104 valence electrons. The number of hydrogen-bond acceptors (Lipinski definition) is 4. The molecule has 0 spiro atoms. The second kappa shape index (κ2) is 6.18. The molecule has 1 atom stereocenters. The van der Waals surface area contributed by atoms with Crippen molar-refractivity contribution in [3.8, 4) is 0 Å². The molecule has 0 bridgehead atoms. The highest BCUT2D eigenvalue weighted by molar-refractivity contribution is 5.98. The van der Waals surface area contributed by atoms with E-state index in [4.69, 9.17) is 9.47 Å². The molecule has 0 aromatic rings. The largest absolute Gasteiger partial charge is 0.465 e. The average Bonchev–Trinajstić information content (AvgIpc) is 2.28. The van der Waals surface area contributed by atoms with Gasteiger partial charge in [0.25, 0.3) is 0 Å². The number of nitrogens with zero attached hydrogens (tertiary/aromatic N) is 1. The summed E-state index contributed by atoms with van der Waals surface area (Å²) in [6.45, 7) is 9.85. The molecule has 0 aliphatic carbocycles. The zero-order valence-corrected chi connectivity index (χ0v) is 11.7. The summed E-state index contributed by atoms with van der Waals surface area (Å²) in [7, 11) is 0. The second-order valence-electron chi connectivity index (χ2n) is 5.49. The van der Waals surface area contributed by atoms with Crippen molar-refractivity contribution in [1.29, 1.82) is 0 Å². The summed E-state index contributed by atoms with van der Waals surface area (Å²) in [5.74, 6) is -1.32. The molecular formula is C13H23NO4. The van der Waals surface area contributed by atoms with E-state index in [1.807, 2.05) is 20.8 Å². The Morgan fingerprint density at radius 1 is 1.28 bits per heavy atom. The molecule has 1 aliphatic heterocycles. The molecule has 0 N–H and O–H groups in total. The van der Waals surface area contributed by atoms with Gasteiger partial charge in [0.2, 0.25) is 5.91 Å². The molecule has 18 heavy (non-hydrogen) atoms. The maximum atomic E-state index is 12.4. The van der Waals surface area contributed by atoms with E-state index < -0.39 is 17.3 Å². The van der Waals surface area contributed by atoms with Crippen LogP contribution in [-0.2, 0) is 19.1 Å². The Morgan fingerprint density at radius 3 is 2.28 bits per heavy atom. The molecule has 0 aromatic heterocycles. The van der Waals surface area contributed by atoms with Crippen molar-refractivity contribution in [1.82, 2.24) is 4.90 Å². The Morgan fingerprint density at radius 2 is 1.83 bits per heavy atom. The molecule has 1 fully saturated rings. The highest BCUT2D eigenvalue weighted by Crippen LogP contribution is 2.29. The lowest BCUT2D eigenvalue weighted by Gasteiger charge is -2.34. The summed E-state index contributed by atoms with van der Waals surface area (Å²) in [6, 6.07) is 0. The number of ether oxygens (including phenoxy) is 2. The van der Waals surface area contributed by atoms with Gasteiger partial charge in [-0.3, -0.25) is 9.59 Å². The number of amides is 1. The molecule has 0 saturated carbocycles. The summed E-state index contributed by atoms with van der Waals surface area (Å²) in [6.07, 6.45) is 0. The molecule has 5 heteroatoms. The highest BCUT2D eigenvalue weighted by atomic mass is 16.5. The molecule has 0 aromatic carbocycles. The van der Waals surface area contributed by atoms with Gasteiger partial charge in [0.05, 0.1) is 19.8 Å². The summed E-state index contributed by atoms with van der Waals surface area (Å²) in [5.41, 5.74) is -0.443. The molecule has 0 radical (unpaired) electrons. The molecule has 1 unspecified atom stereocenters. The fraction of sp³-hybridized carbons (Fsp3) is 0.846. The van der Waals surface area contributed by atoms with E-state index in [0.717, 1.165) is 0 Å². The summed E-state index contributed by atoms with van der Waals surface area (Å²) in [4.78, 5) is 26.1. The Balaban J connectivity index is 2.81. The normalized spacial score (nSPS) is 18.3. The lowest BCUT2D eigenvalue weighted by molar-refractivity contribution is -0.162. The van der Waals surface area contributed by atoms with Crippen LogP contribution in [0.15, 0.2) is 0 Å². The van der Waals surface area contributed by atoms with Gasteiger partial charge in [0.1, 0.15) is 5.92 Å². The third kappa shape index (κ3) is 3.70.